The topological polar surface area (TPSA) is 26.3 Å². The number of carbonyl (C=O) groups excluding carboxylic acids is 1. The van der Waals surface area contributed by atoms with E-state index < -0.39 is 0 Å². The van der Waals surface area contributed by atoms with E-state index in [1.165, 1.54) is 12.7 Å². The quantitative estimate of drug-likeness (QED) is 0.554. The molecule has 0 spiro atoms. The maximum absolute atomic E-state index is 11.4. The number of hydrogen-bond donors (Lipinski definition) is 0. The third kappa shape index (κ3) is 2.10. The molecule has 0 aliphatic carbocycles. The number of methoxy groups -OCH3 is 1. The summed E-state index contributed by atoms with van der Waals surface area (Å²) in [5, 5.41) is 0. The zero-order valence-corrected chi connectivity index (χ0v) is 9.70. The molecule has 76 valence electrons. The summed E-state index contributed by atoms with van der Waals surface area (Å²) in [6, 6.07) is 3.90. The minimum absolute atomic E-state index is 0.266. The molecule has 0 saturated carbocycles. The van der Waals surface area contributed by atoms with E-state index in [1.807, 2.05) is 32.2 Å². The van der Waals surface area contributed by atoms with Gasteiger partial charge in [0.1, 0.15) is 0 Å². The van der Waals surface area contributed by atoms with Gasteiger partial charge < -0.3 is 4.74 Å². The second-order valence-electron chi connectivity index (χ2n) is 3.13. The van der Waals surface area contributed by atoms with Crippen LogP contribution in [-0.4, -0.2) is 19.3 Å². The molecule has 0 saturated heterocycles. The zero-order valence-electron chi connectivity index (χ0n) is 8.88. The van der Waals surface area contributed by atoms with Crippen LogP contribution in [0, 0.1) is 13.8 Å². The van der Waals surface area contributed by atoms with Gasteiger partial charge in [0.15, 0.2) is 0 Å². The van der Waals surface area contributed by atoms with E-state index in [0.29, 0.717) is 5.56 Å². The van der Waals surface area contributed by atoms with E-state index in [2.05, 4.69) is 0 Å². The molecular formula is C11H14O2S. The first-order valence-corrected chi connectivity index (χ1v) is 5.56. The van der Waals surface area contributed by atoms with Crippen LogP contribution in [0.5, 0.6) is 0 Å². The highest BCUT2D eigenvalue weighted by Crippen LogP contribution is 2.24. The molecule has 0 aliphatic rings. The Labute approximate surface area is 88.7 Å². The van der Waals surface area contributed by atoms with Crippen molar-refractivity contribution in [2.75, 3.05) is 13.4 Å². The fourth-order valence-corrected chi connectivity index (χ4v) is 2.00. The summed E-state index contributed by atoms with van der Waals surface area (Å²) in [5.41, 5.74) is 2.82. The summed E-state index contributed by atoms with van der Waals surface area (Å²) < 4.78 is 4.71. The number of aryl methyl sites for hydroxylation is 2. The largest absolute Gasteiger partial charge is 0.465 e. The lowest BCUT2D eigenvalue weighted by Crippen LogP contribution is -2.04. The maximum atomic E-state index is 11.4. The van der Waals surface area contributed by atoms with Crippen molar-refractivity contribution in [1.29, 1.82) is 0 Å². The van der Waals surface area contributed by atoms with E-state index in [4.69, 9.17) is 4.74 Å². The molecule has 0 aromatic heterocycles. The number of carbonyl (C=O) groups is 1. The number of hydrogen-bond acceptors (Lipinski definition) is 3. The Morgan fingerprint density at radius 2 is 1.93 bits per heavy atom. The minimum Gasteiger partial charge on any atom is -0.465 e. The van der Waals surface area contributed by atoms with Gasteiger partial charge >= 0.3 is 5.97 Å². The predicted molar refractivity (Wildman–Crippen MR) is 59.0 cm³/mol. The van der Waals surface area contributed by atoms with Gasteiger partial charge in [-0.15, -0.1) is 11.8 Å². The molecule has 1 aromatic rings. The van der Waals surface area contributed by atoms with Gasteiger partial charge in [-0.25, -0.2) is 4.79 Å². The van der Waals surface area contributed by atoms with E-state index in [-0.39, 0.29) is 5.97 Å². The van der Waals surface area contributed by atoms with Gasteiger partial charge in [0, 0.05) is 4.90 Å². The number of thioether (sulfide) groups is 1. The Hall–Kier alpha value is -0.960. The molecule has 0 heterocycles. The molecule has 1 rings (SSSR count). The first-order valence-electron chi connectivity index (χ1n) is 4.33. The van der Waals surface area contributed by atoms with E-state index >= 15 is 0 Å². The Morgan fingerprint density at radius 1 is 1.29 bits per heavy atom. The summed E-state index contributed by atoms with van der Waals surface area (Å²) in [7, 11) is 1.40. The lowest BCUT2D eigenvalue weighted by atomic mass is 10.1. The number of rotatable bonds is 2. The summed E-state index contributed by atoms with van der Waals surface area (Å²) in [4.78, 5) is 12.5. The van der Waals surface area contributed by atoms with Crippen molar-refractivity contribution in [2.24, 2.45) is 0 Å². The van der Waals surface area contributed by atoms with Gasteiger partial charge in [0.2, 0.25) is 0 Å². The molecule has 0 aliphatic heterocycles. The third-order valence-corrected chi connectivity index (χ3v) is 3.03. The first kappa shape index (κ1) is 11.1. The molecule has 0 amide bonds. The Morgan fingerprint density at radius 3 is 2.43 bits per heavy atom. The molecule has 0 radical (unpaired) electrons. The minimum atomic E-state index is -0.266. The van der Waals surface area contributed by atoms with Gasteiger partial charge in [-0.3, -0.25) is 0 Å². The normalized spacial score (nSPS) is 10.0. The summed E-state index contributed by atoms with van der Waals surface area (Å²) in [5.74, 6) is -0.266. The highest BCUT2D eigenvalue weighted by atomic mass is 32.2. The molecule has 14 heavy (non-hydrogen) atoms. The second-order valence-corrected chi connectivity index (χ2v) is 3.98. The van der Waals surface area contributed by atoms with Crippen LogP contribution in [0.4, 0.5) is 0 Å². The maximum Gasteiger partial charge on any atom is 0.338 e. The van der Waals surface area contributed by atoms with Crippen LogP contribution in [0.3, 0.4) is 0 Å². The standard InChI is InChI=1S/C11H14O2S/c1-7-5-8(2)10(14-4)6-9(7)11(12)13-3/h5-6H,1-4H3. The van der Waals surface area contributed by atoms with Crippen molar-refractivity contribution in [2.45, 2.75) is 18.7 Å². The first-order chi connectivity index (χ1) is 6.60. The number of benzene rings is 1. The molecule has 0 fully saturated rings. The fourth-order valence-electron chi connectivity index (χ4n) is 1.38. The van der Waals surface area contributed by atoms with Gasteiger partial charge in [0.25, 0.3) is 0 Å². The molecule has 1 aromatic carbocycles. The zero-order chi connectivity index (χ0) is 10.7. The number of ether oxygens (including phenoxy) is 1. The van der Waals surface area contributed by atoms with Gasteiger partial charge in [-0.05, 0) is 37.3 Å². The molecule has 0 atom stereocenters. The van der Waals surface area contributed by atoms with E-state index in [0.717, 1.165) is 10.5 Å². The highest BCUT2D eigenvalue weighted by molar-refractivity contribution is 7.98. The van der Waals surface area contributed by atoms with Crippen LogP contribution in [0.15, 0.2) is 17.0 Å². The Balaban J connectivity index is 3.24. The van der Waals surface area contributed by atoms with Crippen molar-refractivity contribution >= 4 is 17.7 Å². The second kappa shape index (κ2) is 4.51. The molecule has 0 N–H and O–H groups in total. The van der Waals surface area contributed by atoms with Crippen LogP contribution in [-0.2, 0) is 4.74 Å². The van der Waals surface area contributed by atoms with Gasteiger partial charge in [0.05, 0.1) is 12.7 Å². The average Bonchev–Trinajstić information content (AvgIpc) is 2.17. The van der Waals surface area contributed by atoms with Crippen molar-refractivity contribution in [1.82, 2.24) is 0 Å². The average molecular weight is 210 g/mol. The highest BCUT2D eigenvalue weighted by Gasteiger charge is 2.11. The monoisotopic (exact) mass is 210 g/mol. The van der Waals surface area contributed by atoms with Crippen molar-refractivity contribution in [3.63, 3.8) is 0 Å². The lowest BCUT2D eigenvalue weighted by Gasteiger charge is -2.08. The molecule has 0 unspecified atom stereocenters. The SMILES string of the molecule is COC(=O)c1cc(SC)c(C)cc1C. The Bertz CT molecular complexity index is 359. The van der Waals surface area contributed by atoms with E-state index in [1.54, 1.807) is 11.8 Å². The third-order valence-electron chi connectivity index (χ3n) is 2.15. The van der Waals surface area contributed by atoms with Crippen LogP contribution < -0.4 is 0 Å². The summed E-state index contributed by atoms with van der Waals surface area (Å²) >= 11 is 1.64. The van der Waals surface area contributed by atoms with Crippen molar-refractivity contribution in [3.05, 3.63) is 28.8 Å². The Kier molecular flexibility index (Phi) is 3.58. The van der Waals surface area contributed by atoms with Crippen molar-refractivity contribution < 1.29 is 9.53 Å². The van der Waals surface area contributed by atoms with Crippen LogP contribution >= 0.6 is 11.8 Å². The van der Waals surface area contributed by atoms with Gasteiger partial charge in [-0.2, -0.15) is 0 Å². The van der Waals surface area contributed by atoms with Crippen LogP contribution in [0.1, 0.15) is 21.5 Å². The van der Waals surface area contributed by atoms with Gasteiger partial charge in [-0.1, -0.05) is 6.07 Å². The van der Waals surface area contributed by atoms with E-state index in [9.17, 15) is 4.79 Å². The van der Waals surface area contributed by atoms with Crippen LogP contribution in [0.25, 0.3) is 0 Å². The summed E-state index contributed by atoms with van der Waals surface area (Å²) in [6.07, 6.45) is 2.00. The fraction of sp³-hybridized carbons (Fsp3) is 0.364. The molecule has 0 bridgehead atoms. The lowest BCUT2D eigenvalue weighted by molar-refractivity contribution is 0.0599. The molecule has 3 heteroatoms. The predicted octanol–water partition coefficient (Wildman–Crippen LogP) is 2.81. The smallest absolute Gasteiger partial charge is 0.338 e. The molecular weight excluding hydrogens is 196 g/mol. The number of esters is 1. The van der Waals surface area contributed by atoms with Crippen molar-refractivity contribution in [3.8, 4) is 0 Å². The van der Waals surface area contributed by atoms with Crippen LogP contribution in [0.2, 0.25) is 0 Å². The summed E-state index contributed by atoms with van der Waals surface area (Å²) in [6.45, 7) is 3.96. The molecule has 2 nitrogen and oxygen atoms in total.